The van der Waals surface area contributed by atoms with Crippen LogP contribution in [0.1, 0.15) is 65.2 Å². The topological polar surface area (TPSA) is 24.1 Å². The number of nitrogens with one attached hydrogen (secondary N) is 2. The molecule has 2 N–H and O–H groups in total. The Balaban J connectivity index is 1.78. The summed E-state index contributed by atoms with van der Waals surface area (Å²) in [6, 6.07) is 0.740. The Morgan fingerprint density at radius 1 is 1.12 bits per heavy atom. The molecule has 0 radical (unpaired) electrons. The highest BCUT2D eigenvalue weighted by molar-refractivity contribution is 4.73. The molecule has 0 spiro atoms. The molecule has 2 nitrogen and oxygen atoms in total. The van der Waals surface area contributed by atoms with Crippen LogP contribution in [-0.4, -0.2) is 25.7 Å². The lowest BCUT2D eigenvalue weighted by atomic mass is 10.0. The number of piperidine rings is 1. The third kappa shape index (κ3) is 8.62. The summed E-state index contributed by atoms with van der Waals surface area (Å²) in [5, 5.41) is 7.17. The van der Waals surface area contributed by atoms with Crippen LogP contribution in [0.3, 0.4) is 0 Å². The van der Waals surface area contributed by atoms with Crippen molar-refractivity contribution in [2.45, 2.75) is 71.3 Å². The summed E-state index contributed by atoms with van der Waals surface area (Å²) in [6.07, 6.45) is 11.1. The van der Waals surface area contributed by atoms with Crippen molar-refractivity contribution < 1.29 is 0 Å². The Labute approximate surface area is 108 Å². The third-order valence-electron chi connectivity index (χ3n) is 3.69. The lowest BCUT2D eigenvalue weighted by Crippen LogP contribution is -2.41. The van der Waals surface area contributed by atoms with Crippen LogP contribution in [0, 0.1) is 5.92 Å². The van der Waals surface area contributed by atoms with Crippen LogP contribution in [0.4, 0.5) is 0 Å². The van der Waals surface area contributed by atoms with Gasteiger partial charge in [-0.2, -0.15) is 0 Å². The van der Waals surface area contributed by atoms with Crippen LogP contribution < -0.4 is 10.6 Å². The fraction of sp³-hybridized carbons (Fsp3) is 1.00. The van der Waals surface area contributed by atoms with Crippen LogP contribution in [0.25, 0.3) is 0 Å². The van der Waals surface area contributed by atoms with Crippen molar-refractivity contribution in [1.82, 2.24) is 10.6 Å². The van der Waals surface area contributed by atoms with Crippen molar-refractivity contribution in [2.24, 2.45) is 5.92 Å². The lowest BCUT2D eigenvalue weighted by molar-refractivity contribution is 0.381. The number of hydrogen-bond acceptors (Lipinski definition) is 2. The zero-order chi connectivity index (χ0) is 12.3. The van der Waals surface area contributed by atoms with Crippen molar-refractivity contribution >= 4 is 0 Å². The zero-order valence-electron chi connectivity index (χ0n) is 11.9. The first kappa shape index (κ1) is 15.0. The fourth-order valence-corrected chi connectivity index (χ4v) is 2.53. The molecular formula is C15H32N2. The van der Waals surface area contributed by atoms with Crippen molar-refractivity contribution in [1.29, 1.82) is 0 Å². The van der Waals surface area contributed by atoms with Crippen molar-refractivity contribution in [3.8, 4) is 0 Å². The normalized spacial score (nSPS) is 21.0. The zero-order valence-corrected chi connectivity index (χ0v) is 11.9. The highest BCUT2D eigenvalue weighted by atomic mass is 15.0. The second-order valence-electron chi connectivity index (χ2n) is 5.95. The van der Waals surface area contributed by atoms with E-state index in [9.17, 15) is 0 Å². The van der Waals surface area contributed by atoms with Crippen LogP contribution in [0.5, 0.6) is 0 Å². The van der Waals surface area contributed by atoms with E-state index in [1.54, 1.807) is 0 Å². The van der Waals surface area contributed by atoms with Gasteiger partial charge in [-0.25, -0.2) is 0 Å². The first-order valence-electron chi connectivity index (χ1n) is 7.73. The summed E-state index contributed by atoms with van der Waals surface area (Å²) in [4.78, 5) is 0. The molecule has 0 aromatic carbocycles. The monoisotopic (exact) mass is 240 g/mol. The first-order chi connectivity index (χ1) is 8.29. The maximum atomic E-state index is 3.59. The van der Waals surface area contributed by atoms with Gasteiger partial charge in [-0.05, 0) is 38.3 Å². The SMILES string of the molecule is CC(C)CCCCCCNC[C@@H]1CCCCN1. The van der Waals surface area contributed by atoms with E-state index < -0.39 is 0 Å². The highest BCUT2D eigenvalue weighted by Crippen LogP contribution is 2.09. The van der Waals surface area contributed by atoms with Crippen LogP contribution in [0.2, 0.25) is 0 Å². The van der Waals surface area contributed by atoms with E-state index in [0.29, 0.717) is 0 Å². The highest BCUT2D eigenvalue weighted by Gasteiger charge is 2.10. The molecule has 0 unspecified atom stereocenters. The van der Waals surface area contributed by atoms with E-state index in [2.05, 4.69) is 24.5 Å². The summed E-state index contributed by atoms with van der Waals surface area (Å²) in [6.45, 7) is 8.24. The summed E-state index contributed by atoms with van der Waals surface area (Å²) in [5.74, 6) is 0.880. The fourth-order valence-electron chi connectivity index (χ4n) is 2.53. The molecule has 0 aliphatic carbocycles. The summed E-state index contributed by atoms with van der Waals surface area (Å²) in [5.41, 5.74) is 0. The molecule has 17 heavy (non-hydrogen) atoms. The second-order valence-corrected chi connectivity index (χ2v) is 5.95. The largest absolute Gasteiger partial charge is 0.315 e. The predicted molar refractivity (Wildman–Crippen MR) is 76.4 cm³/mol. The standard InChI is InChI=1S/C15H32N2/c1-14(2)9-5-3-4-7-11-16-13-15-10-6-8-12-17-15/h14-17H,3-13H2,1-2H3/t15-/m0/s1. The van der Waals surface area contributed by atoms with Gasteiger partial charge < -0.3 is 10.6 Å². The molecule has 0 aromatic heterocycles. The Morgan fingerprint density at radius 2 is 1.94 bits per heavy atom. The van der Waals surface area contributed by atoms with E-state index in [1.165, 1.54) is 71.0 Å². The molecule has 1 aliphatic heterocycles. The van der Waals surface area contributed by atoms with E-state index in [0.717, 1.165) is 12.0 Å². The molecular weight excluding hydrogens is 208 g/mol. The number of rotatable bonds is 9. The maximum Gasteiger partial charge on any atom is 0.0192 e. The van der Waals surface area contributed by atoms with Crippen molar-refractivity contribution in [3.05, 3.63) is 0 Å². The minimum atomic E-state index is 0.740. The Bertz CT molecular complexity index is 162. The summed E-state index contributed by atoms with van der Waals surface area (Å²) in [7, 11) is 0. The minimum absolute atomic E-state index is 0.740. The van der Waals surface area contributed by atoms with Gasteiger partial charge in [0.15, 0.2) is 0 Å². The van der Waals surface area contributed by atoms with Gasteiger partial charge in [-0.1, -0.05) is 46.0 Å². The Morgan fingerprint density at radius 3 is 2.65 bits per heavy atom. The van der Waals surface area contributed by atoms with Gasteiger partial charge >= 0.3 is 0 Å². The van der Waals surface area contributed by atoms with Gasteiger partial charge in [0.2, 0.25) is 0 Å². The minimum Gasteiger partial charge on any atom is -0.315 e. The van der Waals surface area contributed by atoms with Crippen LogP contribution in [-0.2, 0) is 0 Å². The van der Waals surface area contributed by atoms with Gasteiger partial charge in [0.25, 0.3) is 0 Å². The van der Waals surface area contributed by atoms with Crippen LogP contribution >= 0.6 is 0 Å². The summed E-state index contributed by atoms with van der Waals surface area (Å²) >= 11 is 0. The average molecular weight is 240 g/mol. The van der Waals surface area contributed by atoms with E-state index in [1.807, 2.05) is 0 Å². The van der Waals surface area contributed by atoms with Crippen molar-refractivity contribution in [3.63, 3.8) is 0 Å². The molecule has 102 valence electrons. The molecule has 1 fully saturated rings. The third-order valence-corrected chi connectivity index (χ3v) is 3.69. The molecule has 1 aliphatic rings. The molecule has 0 aromatic rings. The van der Waals surface area contributed by atoms with Gasteiger partial charge in [-0.3, -0.25) is 0 Å². The van der Waals surface area contributed by atoms with Gasteiger partial charge in [0, 0.05) is 12.6 Å². The number of hydrogen-bond donors (Lipinski definition) is 2. The van der Waals surface area contributed by atoms with Gasteiger partial charge in [0.05, 0.1) is 0 Å². The van der Waals surface area contributed by atoms with Gasteiger partial charge in [-0.15, -0.1) is 0 Å². The van der Waals surface area contributed by atoms with Gasteiger partial charge in [0.1, 0.15) is 0 Å². The second kappa shape index (κ2) is 9.90. The summed E-state index contributed by atoms with van der Waals surface area (Å²) < 4.78 is 0. The smallest absolute Gasteiger partial charge is 0.0192 e. The maximum absolute atomic E-state index is 3.59. The van der Waals surface area contributed by atoms with E-state index in [4.69, 9.17) is 0 Å². The molecule has 1 saturated heterocycles. The average Bonchev–Trinajstić information content (AvgIpc) is 2.33. The molecule has 2 heteroatoms. The Hall–Kier alpha value is -0.0800. The van der Waals surface area contributed by atoms with E-state index in [-0.39, 0.29) is 0 Å². The Kier molecular flexibility index (Phi) is 8.72. The molecule has 1 atom stereocenters. The van der Waals surface area contributed by atoms with E-state index >= 15 is 0 Å². The van der Waals surface area contributed by atoms with Crippen LogP contribution in [0.15, 0.2) is 0 Å². The first-order valence-corrected chi connectivity index (χ1v) is 7.73. The van der Waals surface area contributed by atoms with Crippen molar-refractivity contribution in [2.75, 3.05) is 19.6 Å². The predicted octanol–water partition coefficient (Wildman–Crippen LogP) is 3.32. The molecule has 0 bridgehead atoms. The molecule has 1 heterocycles. The lowest BCUT2D eigenvalue weighted by Gasteiger charge is -2.23. The molecule has 1 rings (SSSR count). The quantitative estimate of drug-likeness (QED) is 0.604. The number of unbranched alkanes of at least 4 members (excludes halogenated alkanes) is 3. The molecule has 0 amide bonds. The molecule has 0 saturated carbocycles.